The largest absolute Gasteiger partial charge is 0.508 e. The van der Waals surface area contributed by atoms with Gasteiger partial charge in [0.25, 0.3) is 6.47 Å². The molecular weight excluding hydrogens is 392 g/mol. The number of unbranched alkanes of at least 4 members (excludes halogenated alkanes) is 6. The van der Waals surface area contributed by atoms with E-state index < -0.39 is 11.4 Å². The Kier molecular flexibility index (Phi) is 9.86. The summed E-state index contributed by atoms with van der Waals surface area (Å²) < 4.78 is 5.19. The number of aliphatic carboxylic acids is 1. The van der Waals surface area contributed by atoms with E-state index in [9.17, 15) is 14.7 Å². The number of carboxylic acid groups (broad SMARTS) is 1. The Hall–Kier alpha value is -2.04. The van der Waals surface area contributed by atoms with Crippen LogP contribution in [-0.2, 0) is 27.2 Å². The van der Waals surface area contributed by atoms with Gasteiger partial charge in [0.05, 0.1) is 5.41 Å². The molecule has 0 aliphatic heterocycles. The van der Waals surface area contributed by atoms with Crippen LogP contribution in [0.1, 0.15) is 102 Å². The minimum absolute atomic E-state index is 0.138. The Labute approximate surface area is 187 Å². The Morgan fingerprint density at radius 3 is 2.32 bits per heavy atom. The molecule has 5 nitrogen and oxygen atoms in total. The molecule has 1 aromatic carbocycles. The Bertz CT molecular complexity index is 706. The number of hydrogen-bond donors (Lipinski definition) is 2. The first-order valence-electron chi connectivity index (χ1n) is 11.9. The summed E-state index contributed by atoms with van der Waals surface area (Å²) in [5.74, 6) is -0.334. The van der Waals surface area contributed by atoms with Crippen molar-refractivity contribution in [2.24, 2.45) is 5.41 Å². The van der Waals surface area contributed by atoms with Gasteiger partial charge in [-0.25, -0.2) is 0 Å². The van der Waals surface area contributed by atoms with Gasteiger partial charge in [0.1, 0.15) is 11.4 Å². The fraction of sp³-hybridized carbons (Fsp3) is 0.692. The van der Waals surface area contributed by atoms with Crippen LogP contribution < -0.4 is 0 Å². The summed E-state index contributed by atoms with van der Waals surface area (Å²) in [5, 5.41) is 19.3. The molecule has 174 valence electrons. The number of phenols is 1. The molecule has 1 aliphatic rings. The molecule has 1 aromatic rings. The zero-order valence-corrected chi connectivity index (χ0v) is 19.3. The normalized spacial score (nSPS) is 14.9. The van der Waals surface area contributed by atoms with Crippen LogP contribution in [0.15, 0.2) is 18.2 Å². The van der Waals surface area contributed by atoms with E-state index in [0.717, 1.165) is 95.5 Å². The van der Waals surface area contributed by atoms with Gasteiger partial charge in [-0.1, -0.05) is 44.2 Å². The lowest BCUT2D eigenvalue weighted by Gasteiger charge is -2.18. The van der Waals surface area contributed by atoms with Gasteiger partial charge in [-0.2, -0.15) is 0 Å². The van der Waals surface area contributed by atoms with E-state index in [1.165, 1.54) is 5.56 Å². The Morgan fingerprint density at radius 2 is 1.68 bits per heavy atom. The van der Waals surface area contributed by atoms with Crippen molar-refractivity contribution >= 4 is 12.4 Å². The van der Waals surface area contributed by atoms with E-state index in [0.29, 0.717) is 12.2 Å². The number of aromatic hydroxyl groups is 1. The van der Waals surface area contributed by atoms with E-state index in [1.54, 1.807) is 13.8 Å². The second kappa shape index (κ2) is 12.1. The number of carbonyl (C=O) groups is 2. The summed E-state index contributed by atoms with van der Waals surface area (Å²) in [6.07, 6.45) is 14.2. The van der Waals surface area contributed by atoms with Gasteiger partial charge in [0.2, 0.25) is 0 Å². The molecule has 2 rings (SSSR count). The molecule has 0 atom stereocenters. The van der Waals surface area contributed by atoms with Crippen LogP contribution in [0, 0.1) is 5.41 Å². The fourth-order valence-electron chi connectivity index (χ4n) is 4.14. The number of aryl methyl sites for hydroxylation is 2. The molecule has 0 bridgehead atoms. The first-order valence-corrected chi connectivity index (χ1v) is 11.9. The van der Waals surface area contributed by atoms with Gasteiger partial charge in [-0.05, 0) is 88.8 Å². The molecule has 1 fully saturated rings. The van der Waals surface area contributed by atoms with E-state index in [2.05, 4.69) is 6.07 Å². The lowest BCUT2D eigenvalue weighted by Crippen LogP contribution is -2.23. The molecule has 0 saturated heterocycles. The van der Waals surface area contributed by atoms with Crippen LogP contribution in [0.4, 0.5) is 0 Å². The molecule has 1 aliphatic carbocycles. The maximum absolute atomic E-state index is 11.1. The van der Waals surface area contributed by atoms with Gasteiger partial charge in [0, 0.05) is 0 Å². The van der Waals surface area contributed by atoms with Crippen molar-refractivity contribution in [2.75, 3.05) is 0 Å². The van der Waals surface area contributed by atoms with Crippen molar-refractivity contribution in [3.05, 3.63) is 29.3 Å². The number of ether oxygens (including phenoxy) is 1. The summed E-state index contributed by atoms with van der Waals surface area (Å²) >= 11 is 0. The molecule has 0 unspecified atom stereocenters. The van der Waals surface area contributed by atoms with E-state index >= 15 is 0 Å². The molecule has 0 amide bonds. The van der Waals surface area contributed by atoms with Crippen molar-refractivity contribution in [2.45, 2.75) is 109 Å². The third-order valence-electron chi connectivity index (χ3n) is 6.67. The first kappa shape index (κ1) is 25.2. The predicted octanol–water partition coefficient (Wildman–Crippen LogP) is 6.19. The van der Waals surface area contributed by atoms with Crippen LogP contribution >= 0.6 is 0 Å². The van der Waals surface area contributed by atoms with E-state index in [4.69, 9.17) is 9.84 Å². The number of hydrogen-bond acceptors (Lipinski definition) is 4. The molecule has 0 radical (unpaired) electrons. The standard InChI is InChI=1S/C26H40O5/c1-25(2,24(29)30)15-9-5-3-7-11-21-13-14-23(28)22(19-21)12-8-4-6-10-16-26(17-18-26)31-20-27/h13-14,19-20,28H,3-12,15-18H2,1-2H3,(H,29,30). The second-order valence-electron chi connectivity index (χ2n) is 9.88. The second-order valence-corrected chi connectivity index (χ2v) is 9.88. The maximum Gasteiger partial charge on any atom is 0.309 e. The van der Waals surface area contributed by atoms with Crippen molar-refractivity contribution in [3.63, 3.8) is 0 Å². The van der Waals surface area contributed by atoms with E-state index in [1.807, 2.05) is 12.1 Å². The Morgan fingerprint density at radius 1 is 1.03 bits per heavy atom. The smallest absolute Gasteiger partial charge is 0.309 e. The lowest BCUT2D eigenvalue weighted by molar-refractivity contribution is -0.147. The topological polar surface area (TPSA) is 83.8 Å². The van der Waals surface area contributed by atoms with Crippen molar-refractivity contribution in [1.29, 1.82) is 0 Å². The van der Waals surface area contributed by atoms with Crippen LogP contribution in [0.5, 0.6) is 5.75 Å². The lowest BCUT2D eigenvalue weighted by atomic mass is 9.87. The highest BCUT2D eigenvalue weighted by atomic mass is 16.5. The molecule has 0 aromatic heterocycles. The maximum atomic E-state index is 11.1. The number of carboxylic acids is 1. The average Bonchev–Trinajstić information content (AvgIpc) is 3.48. The highest BCUT2D eigenvalue weighted by Crippen LogP contribution is 2.43. The summed E-state index contributed by atoms with van der Waals surface area (Å²) in [5.41, 5.74) is 1.53. The van der Waals surface area contributed by atoms with Gasteiger partial charge < -0.3 is 14.9 Å². The minimum Gasteiger partial charge on any atom is -0.508 e. The molecule has 2 N–H and O–H groups in total. The zero-order chi connectivity index (χ0) is 22.7. The van der Waals surface area contributed by atoms with E-state index in [-0.39, 0.29) is 5.60 Å². The molecule has 0 spiro atoms. The fourth-order valence-corrected chi connectivity index (χ4v) is 4.14. The number of phenolic OH excluding ortho intramolecular Hbond substituents is 1. The number of benzene rings is 1. The third-order valence-corrected chi connectivity index (χ3v) is 6.67. The van der Waals surface area contributed by atoms with Gasteiger partial charge in [0.15, 0.2) is 0 Å². The molecular formula is C26H40O5. The van der Waals surface area contributed by atoms with Crippen LogP contribution in [0.3, 0.4) is 0 Å². The SMILES string of the molecule is CC(C)(CCCCCCc1ccc(O)c(CCCCCCC2(OC=O)CC2)c1)C(=O)O. The number of carbonyl (C=O) groups excluding carboxylic acids is 1. The summed E-state index contributed by atoms with van der Waals surface area (Å²) in [6.45, 7) is 4.17. The third kappa shape index (κ3) is 8.92. The number of rotatable bonds is 17. The monoisotopic (exact) mass is 432 g/mol. The quantitative estimate of drug-likeness (QED) is 0.226. The molecule has 1 saturated carbocycles. The van der Waals surface area contributed by atoms with Crippen molar-refractivity contribution in [3.8, 4) is 5.75 Å². The molecule has 5 heteroatoms. The van der Waals surface area contributed by atoms with Crippen LogP contribution in [0.25, 0.3) is 0 Å². The average molecular weight is 433 g/mol. The predicted molar refractivity (Wildman–Crippen MR) is 122 cm³/mol. The first-order chi connectivity index (χ1) is 14.8. The summed E-state index contributed by atoms with van der Waals surface area (Å²) in [7, 11) is 0. The Balaban J connectivity index is 1.60. The highest BCUT2D eigenvalue weighted by molar-refractivity contribution is 5.73. The van der Waals surface area contributed by atoms with Gasteiger partial charge in [-0.3, -0.25) is 9.59 Å². The zero-order valence-electron chi connectivity index (χ0n) is 19.3. The van der Waals surface area contributed by atoms with Gasteiger partial charge in [-0.15, -0.1) is 0 Å². The minimum atomic E-state index is -0.720. The van der Waals surface area contributed by atoms with Crippen LogP contribution in [0.2, 0.25) is 0 Å². The summed E-state index contributed by atoms with van der Waals surface area (Å²) in [4.78, 5) is 21.7. The summed E-state index contributed by atoms with van der Waals surface area (Å²) in [6, 6.07) is 5.96. The van der Waals surface area contributed by atoms with Crippen molar-refractivity contribution in [1.82, 2.24) is 0 Å². The van der Waals surface area contributed by atoms with Crippen LogP contribution in [-0.4, -0.2) is 28.3 Å². The molecule has 0 heterocycles. The molecule has 31 heavy (non-hydrogen) atoms. The highest BCUT2D eigenvalue weighted by Gasteiger charge is 2.44. The van der Waals surface area contributed by atoms with Crippen molar-refractivity contribution < 1.29 is 24.5 Å². The van der Waals surface area contributed by atoms with Gasteiger partial charge >= 0.3 is 5.97 Å².